The van der Waals surface area contributed by atoms with Crippen LogP contribution in [0.5, 0.6) is 5.75 Å². The summed E-state index contributed by atoms with van der Waals surface area (Å²) in [6, 6.07) is 16.4. The quantitative estimate of drug-likeness (QED) is 0.643. The fourth-order valence-electron chi connectivity index (χ4n) is 2.74. The average molecular weight is 308 g/mol. The van der Waals surface area contributed by atoms with Crippen molar-refractivity contribution in [2.75, 3.05) is 0 Å². The molecule has 0 N–H and O–H groups in total. The zero-order valence-corrected chi connectivity index (χ0v) is 14.1. The first-order chi connectivity index (χ1) is 11.2. The molecule has 0 aliphatic heterocycles. The van der Waals surface area contributed by atoms with E-state index in [0.717, 1.165) is 35.6 Å². The van der Waals surface area contributed by atoms with E-state index in [-0.39, 0.29) is 0 Å². The number of hydrogen-bond acceptors (Lipinski definition) is 2. The number of aromatic nitrogens is 2. The molecule has 0 saturated heterocycles. The molecule has 0 fully saturated rings. The number of para-hydroxylation sites is 3. The Morgan fingerprint density at radius 1 is 1.09 bits per heavy atom. The van der Waals surface area contributed by atoms with Crippen molar-refractivity contribution >= 4 is 11.0 Å². The van der Waals surface area contributed by atoms with Crippen molar-refractivity contribution in [3.8, 4) is 5.75 Å². The smallest absolute Gasteiger partial charge is 0.148 e. The van der Waals surface area contributed by atoms with Crippen molar-refractivity contribution < 1.29 is 4.74 Å². The van der Waals surface area contributed by atoms with E-state index >= 15 is 0 Å². The standard InChI is InChI=1S/C20H24N2O/c1-4-15(2)13-22-18-11-7-6-10-17(18)21-20(22)14-23-19-12-8-5-9-16(19)3/h5-12,15H,4,13-14H2,1-3H3. The minimum absolute atomic E-state index is 0.496. The maximum atomic E-state index is 6.02. The second kappa shape index (κ2) is 6.86. The van der Waals surface area contributed by atoms with Gasteiger partial charge in [-0.15, -0.1) is 0 Å². The Morgan fingerprint density at radius 2 is 1.83 bits per heavy atom. The Hall–Kier alpha value is -2.29. The number of ether oxygens (including phenoxy) is 1. The molecule has 2 aromatic carbocycles. The van der Waals surface area contributed by atoms with Crippen LogP contribution in [-0.4, -0.2) is 9.55 Å². The maximum Gasteiger partial charge on any atom is 0.148 e. The normalized spacial score (nSPS) is 12.5. The summed E-state index contributed by atoms with van der Waals surface area (Å²) >= 11 is 0. The number of hydrogen-bond donors (Lipinski definition) is 0. The van der Waals surface area contributed by atoms with Gasteiger partial charge in [0.15, 0.2) is 0 Å². The van der Waals surface area contributed by atoms with Gasteiger partial charge in [0, 0.05) is 6.54 Å². The molecule has 0 radical (unpaired) electrons. The van der Waals surface area contributed by atoms with E-state index < -0.39 is 0 Å². The topological polar surface area (TPSA) is 27.1 Å². The number of rotatable bonds is 6. The number of aryl methyl sites for hydroxylation is 1. The molecule has 0 aliphatic rings. The molecular formula is C20H24N2O. The summed E-state index contributed by atoms with van der Waals surface area (Å²) in [6.07, 6.45) is 1.16. The van der Waals surface area contributed by atoms with Crippen LogP contribution in [0.1, 0.15) is 31.7 Å². The van der Waals surface area contributed by atoms with Crippen LogP contribution >= 0.6 is 0 Å². The summed E-state index contributed by atoms with van der Waals surface area (Å²) in [5.41, 5.74) is 3.38. The molecular weight excluding hydrogens is 284 g/mol. The average Bonchev–Trinajstić information content (AvgIpc) is 2.92. The fourth-order valence-corrected chi connectivity index (χ4v) is 2.74. The summed E-state index contributed by atoms with van der Waals surface area (Å²) in [4.78, 5) is 4.78. The van der Waals surface area contributed by atoms with Crippen LogP contribution in [0.2, 0.25) is 0 Å². The van der Waals surface area contributed by atoms with Gasteiger partial charge >= 0.3 is 0 Å². The lowest BCUT2D eigenvalue weighted by atomic mass is 10.1. The molecule has 0 bridgehead atoms. The van der Waals surface area contributed by atoms with Gasteiger partial charge in [0.05, 0.1) is 11.0 Å². The number of nitrogens with zero attached hydrogens (tertiary/aromatic N) is 2. The number of fused-ring (bicyclic) bond motifs is 1. The van der Waals surface area contributed by atoms with Crippen LogP contribution in [0.15, 0.2) is 48.5 Å². The zero-order chi connectivity index (χ0) is 16.2. The lowest BCUT2D eigenvalue weighted by Gasteiger charge is -2.15. The Balaban J connectivity index is 1.90. The molecule has 3 nitrogen and oxygen atoms in total. The highest BCUT2D eigenvalue weighted by Gasteiger charge is 2.13. The van der Waals surface area contributed by atoms with E-state index in [1.165, 1.54) is 5.52 Å². The second-order valence-electron chi connectivity index (χ2n) is 6.19. The van der Waals surface area contributed by atoms with Crippen LogP contribution in [0.4, 0.5) is 0 Å². The highest BCUT2D eigenvalue weighted by molar-refractivity contribution is 5.75. The van der Waals surface area contributed by atoms with Crippen molar-refractivity contribution in [3.05, 3.63) is 59.9 Å². The van der Waals surface area contributed by atoms with E-state index in [9.17, 15) is 0 Å². The molecule has 120 valence electrons. The van der Waals surface area contributed by atoms with Gasteiger partial charge in [0.25, 0.3) is 0 Å². The Morgan fingerprint density at radius 3 is 2.61 bits per heavy atom. The first-order valence-electron chi connectivity index (χ1n) is 8.31. The Labute approximate surface area is 137 Å². The number of imidazole rings is 1. The van der Waals surface area contributed by atoms with E-state index in [4.69, 9.17) is 9.72 Å². The summed E-state index contributed by atoms with van der Waals surface area (Å²) in [6.45, 7) is 8.05. The minimum atomic E-state index is 0.496. The molecule has 1 aromatic heterocycles. The molecule has 3 rings (SSSR count). The van der Waals surface area contributed by atoms with E-state index in [2.05, 4.69) is 49.6 Å². The Kier molecular flexibility index (Phi) is 4.65. The summed E-state index contributed by atoms with van der Waals surface area (Å²) in [5, 5.41) is 0. The first kappa shape index (κ1) is 15.6. The van der Waals surface area contributed by atoms with Crippen molar-refractivity contribution in [1.29, 1.82) is 0 Å². The van der Waals surface area contributed by atoms with Gasteiger partial charge in [-0.25, -0.2) is 4.98 Å². The summed E-state index contributed by atoms with van der Waals surface area (Å²) in [7, 11) is 0. The molecule has 0 spiro atoms. The van der Waals surface area contributed by atoms with Gasteiger partial charge in [-0.1, -0.05) is 50.6 Å². The molecule has 0 amide bonds. The van der Waals surface area contributed by atoms with Gasteiger partial charge in [0.1, 0.15) is 18.2 Å². The molecule has 23 heavy (non-hydrogen) atoms. The van der Waals surface area contributed by atoms with Gasteiger partial charge in [-0.2, -0.15) is 0 Å². The van der Waals surface area contributed by atoms with Crippen LogP contribution in [0, 0.1) is 12.8 Å². The van der Waals surface area contributed by atoms with Gasteiger partial charge in [-0.05, 0) is 36.6 Å². The molecule has 1 unspecified atom stereocenters. The molecule has 3 aromatic rings. The molecule has 1 heterocycles. The highest BCUT2D eigenvalue weighted by atomic mass is 16.5. The van der Waals surface area contributed by atoms with Crippen LogP contribution in [-0.2, 0) is 13.2 Å². The maximum absolute atomic E-state index is 6.02. The molecule has 0 saturated carbocycles. The van der Waals surface area contributed by atoms with Crippen molar-refractivity contribution in [1.82, 2.24) is 9.55 Å². The summed E-state index contributed by atoms with van der Waals surface area (Å²) < 4.78 is 8.33. The van der Waals surface area contributed by atoms with Crippen LogP contribution < -0.4 is 4.74 Å². The third-order valence-corrected chi connectivity index (χ3v) is 4.38. The SMILES string of the molecule is CCC(C)Cn1c(COc2ccccc2C)nc2ccccc21. The third kappa shape index (κ3) is 3.39. The van der Waals surface area contributed by atoms with Crippen LogP contribution in [0.3, 0.4) is 0 Å². The van der Waals surface area contributed by atoms with Gasteiger partial charge in [-0.3, -0.25) is 0 Å². The third-order valence-electron chi connectivity index (χ3n) is 4.38. The highest BCUT2D eigenvalue weighted by Crippen LogP contribution is 2.22. The number of benzene rings is 2. The lowest BCUT2D eigenvalue weighted by molar-refractivity contribution is 0.284. The minimum Gasteiger partial charge on any atom is -0.485 e. The first-order valence-corrected chi connectivity index (χ1v) is 8.31. The van der Waals surface area contributed by atoms with E-state index in [0.29, 0.717) is 12.5 Å². The largest absolute Gasteiger partial charge is 0.485 e. The van der Waals surface area contributed by atoms with Crippen molar-refractivity contribution in [2.45, 2.75) is 40.3 Å². The Bertz CT molecular complexity index is 791. The monoisotopic (exact) mass is 308 g/mol. The van der Waals surface area contributed by atoms with E-state index in [1.54, 1.807) is 0 Å². The molecule has 1 atom stereocenters. The van der Waals surface area contributed by atoms with E-state index in [1.807, 2.05) is 24.3 Å². The van der Waals surface area contributed by atoms with Gasteiger partial charge in [0.2, 0.25) is 0 Å². The van der Waals surface area contributed by atoms with Gasteiger partial charge < -0.3 is 9.30 Å². The van der Waals surface area contributed by atoms with Crippen LogP contribution in [0.25, 0.3) is 11.0 Å². The second-order valence-corrected chi connectivity index (χ2v) is 6.19. The van der Waals surface area contributed by atoms with Crippen molar-refractivity contribution in [3.63, 3.8) is 0 Å². The molecule has 0 aliphatic carbocycles. The van der Waals surface area contributed by atoms with Crippen molar-refractivity contribution in [2.24, 2.45) is 5.92 Å². The molecule has 3 heteroatoms. The predicted octanol–water partition coefficient (Wildman–Crippen LogP) is 4.97. The zero-order valence-electron chi connectivity index (χ0n) is 14.1. The summed E-state index contributed by atoms with van der Waals surface area (Å²) in [5.74, 6) is 2.54. The fraction of sp³-hybridized carbons (Fsp3) is 0.350. The predicted molar refractivity (Wildman–Crippen MR) is 94.7 cm³/mol. The lowest BCUT2D eigenvalue weighted by Crippen LogP contribution is -2.12.